The van der Waals surface area contributed by atoms with E-state index in [1.807, 2.05) is 16.8 Å². The second-order valence-electron chi connectivity index (χ2n) is 7.43. The van der Waals surface area contributed by atoms with E-state index >= 15 is 0 Å². The molecule has 1 aliphatic rings. The molecular formula is C23H23Cl2FN2O3. The molecule has 1 unspecified atom stereocenters. The van der Waals surface area contributed by atoms with E-state index in [1.54, 1.807) is 36.8 Å². The molecule has 1 fully saturated rings. The second kappa shape index (κ2) is 10.5. The van der Waals surface area contributed by atoms with Crippen molar-refractivity contribution >= 4 is 23.2 Å². The molecule has 1 aliphatic heterocycles. The van der Waals surface area contributed by atoms with E-state index in [9.17, 15) is 4.39 Å². The lowest BCUT2D eigenvalue weighted by molar-refractivity contribution is -0.223. The van der Waals surface area contributed by atoms with Crippen molar-refractivity contribution in [3.05, 3.63) is 82.6 Å². The third kappa shape index (κ3) is 6.20. The lowest BCUT2D eigenvalue weighted by Gasteiger charge is -2.33. The van der Waals surface area contributed by atoms with E-state index in [-0.39, 0.29) is 18.0 Å². The summed E-state index contributed by atoms with van der Waals surface area (Å²) in [5.41, 5.74) is 0.841. The Hall–Kier alpha value is -2.12. The number of benzene rings is 2. The van der Waals surface area contributed by atoms with Crippen molar-refractivity contribution in [1.29, 1.82) is 0 Å². The highest BCUT2D eigenvalue weighted by Gasteiger charge is 2.28. The predicted molar refractivity (Wildman–Crippen MR) is 117 cm³/mol. The molecule has 0 spiro atoms. The molecule has 0 amide bonds. The van der Waals surface area contributed by atoms with E-state index in [1.165, 1.54) is 12.1 Å². The van der Waals surface area contributed by atoms with Crippen LogP contribution in [0.4, 0.5) is 4.39 Å². The van der Waals surface area contributed by atoms with Crippen molar-refractivity contribution < 1.29 is 18.6 Å². The number of ether oxygens (including phenoxy) is 3. The highest BCUT2D eigenvalue weighted by Crippen LogP contribution is 2.33. The van der Waals surface area contributed by atoms with E-state index in [0.717, 1.165) is 24.8 Å². The Morgan fingerprint density at radius 1 is 1.16 bits per heavy atom. The molecular weight excluding hydrogens is 442 g/mol. The molecule has 5 nitrogen and oxygen atoms in total. The number of hydrogen-bond acceptors (Lipinski definition) is 4. The van der Waals surface area contributed by atoms with Crippen LogP contribution in [0.2, 0.25) is 10.0 Å². The first kappa shape index (κ1) is 22.1. The minimum atomic E-state index is -0.393. The summed E-state index contributed by atoms with van der Waals surface area (Å²) in [6, 6.07) is 11.4. The fraction of sp³-hybridized carbons (Fsp3) is 0.348. The fourth-order valence-electron chi connectivity index (χ4n) is 3.55. The van der Waals surface area contributed by atoms with Crippen LogP contribution in [0, 0.1) is 5.82 Å². The van der Waals surface area contributed by atoms with Crippen molar-refractivity contribution in [2.45, 2.75) is 44.3 Å². The molecule has 1 aromatic heterocycles. The Morgan fingerprint density at radius 2 is 2.00 bits per heavy atom. The van der Waals surface area contributed by atoms with Crippen LogP contribution >= 0.6 is 23.2 Å². The molecule has 0 saturated carbocycles. The smallest absolute Gasteiger partial charge is 0.159 e. The molecule has 3 atom stereocenters. The minimum absolute atomic E-state index is 0.113. The summed E-state index contributed by atoms with van der Waals surface area (Å²) in [6.07, 6.45) is 7.10. The van der Waals surface area contributed by atoms with Crippen LogP contribution in [-0.2, 0) is 16.0 Å². The molecule has 0 N–H and O–H groups in total. The van der Waals surface area contributed by atoms with Crippen molar-refractivity contribution in [1.82, 2.24) is 9.55 Å². The van der Waals surface area contributed by atoms with E-state index < -0.39 is 6.29 Å². The number of aromatic nitrogens is 2. The zero-order valence-corrected chi connectivity index (χ0v) is 18.3. The molecule has 2 heterocycles. The molecule has 31 heavy (non-hydrogen) atoms. The average Bonchev–Trinajstić information content (AvgIpc) is 3.26. The molecule has 0 bridgehead atoms. The Kier molecular flexibility index (Phi) is 7.45. The molecule has 0 aliphatic carbocycles. The summed E-state index contributed by atoms with van der Waals surface area (Å²) in [5, 5.41) is 1.12. The van der Waals surface area contributed by atoms with Crippen LogP contribution in [0.15, 0.2) is 61.2 Å². The third-order valence-corrected chi connectivity index (χ3v) is 5.68. The Labute approximate surface area is 190 Å². The van der Waals surface area contributed by atoms with Crippen LogP contribution in [0.25, 0.3) is 0 Å². The second-order valence-corrected chi connectivity index (χ2v) is 8.28. The van der Waals surface area contributed by atoms with Gasteiger partial charge < -0.3 is 18.8 Å². The van der Waals surface area contributed by atoms with Gasteiger partial charge in [-0.3, -0.25) is 0 Å². The maximum atomic E-state index is 13.1. The van der Waals surface area contributed by atoms with Gasteiger partial charge in [0.1, 0.15) is 24.3 Å². The van der Waals surface area contributed by atoms with Crippen molar-refractivity contribution in [2.75, 3.05) is 6.61 Å². The van der Waals surface area contributed by atoms with Crippen LogP contribution in [0.3, 0.4) is 0 Å². The summed E-state index contributed by atoms with van der Waals surface area (Å²) in [6.45, 7) is 0.914. The largest absolute Gasteiger partial charge is 0.491 e. The maximum Gasteiger partial charge on any atom is 0.159 e. The molecule has 2 aromatic carbocycles. The van der Waals surface area contributed by atoms with Gasteiger partial charge in [0.05, 0.1) is 19.0 Å². The fourth-order valence-corrected chi connectivity index (χ4v) is 4.08. The predicted octanol–water partition coefficient (Wildman–Crippen LogP) is 6.06. The summed E-state index contributed by atoms with van der Waals surface area (Å²) in [7, 11) is 0. The summed E-state index contributed by atoms with van der Waals surface area (Å²) in [4.78, 5) is 4.10. The molecule has 3 aromatic rings. The van der Waals surface area contributed by atoms with Gasteiger partial charge in [0.15, 0.2) is 6.29 Å². The van der Waals surface area contributed by atoms with E-state index in [0.29, 0.717) is 28.9 Å². The van der Waals surface area contributed by atoms with Crippen molar-refractivity contribution in [3.63, 3.8) is 0 Å². The zero-order valence-electron chi connectivity index (χ0n) is 16.8. The average molecular weight is 465 g/mol. The van der Waals surface area contributed by atoms with Gasteiger partial charge in [0.25, 0.3) is 0 Å². The monoisotopic (exact) mass is 464 g/mol. The van der Waals surface area contributed by atoms with Crippen molar-refractivity contribution in [2.24, 2.45) is 0 Å². The van der Waals surface area contributed by atoms with Gasteiger partial charge in [0.2, 0.25) is 0 Å². The zero-order chi connectivity index (χ0) is 21.6. The SMILES string of the molecule is Fc1ccc(OC[C@H]2CCC[C@H](OC(Cn3ccnc3)c3ccc(Cl)cc3Cl)O2)cc1. The van der Waals surface area contributed by atoms with Crippen LogP contribution in [-0.4, -0.2) is 28.6 Å². The number of imidazole rings is 1. The first-order chi connectivity index (χ1) is 15.1. The van der Waals surface area contributed by atoms with E-state index in [4.69, 9.17) is 37.4 Å². The topological polar surface area (TPSA) is 45.5 Å². The molecule has 4 rings (SSSR count). The standard InChI is InChI=1S/C23H23Cl2FN2O3/c24-16-4-9-20(21(25)12-16)22(13-28-11-10-27-15-28)31-23-3-1-2-19(30-23)14-29-18-7-5-17(26)6-8-18/h4-12,15,19,22-23H,1-3,13-14H2/t19-,22?,23+/m1/s1. The van der Waals surface area contributed by atoms with Gasteiger partial charge in [-0.05, 0) is 55.7 Å². The lowest BCUT2D eigenvalue weighted by Crippen LogP contribution is -2.35. The van der Waals surface area contributed by atoms with E-state index in [2.05, 4.69) is 4.98 Å². The van der Waals surface area contributed by atoms with Gasteiger partial charge in [-0.15, -0.1) is 0 Å². The highest BCUT2D eigenvalue weighted by atomic mass is 35.5. The Morgan fingerprint density at radius 3 is 2.74 bits per heavy atom. The first-order valence-electron chi connectivity index (χ1n) is 10.2. The van der Waals surface area contributed by atoms with Gasteiger partial charge in [-0.2, -0.15) is 0 Å². The number of nitrogens with zero attached hydrogens (tertiary/aromatic N) is 2. The lowest BCUT2D eigenvalue weighted by atomic mass is 10.1. The number of rotatable bonds is 8. The molecule has 1 saturated heterocycles. The number of hydrogen-bond donors (Lipinski definition) is 0. The van der Waals surface area contributed by atoms with Crippen molar-refractivity contribution in [3.8, 4) is 5.75 Å². The Balaban J connectivity index is 1.41. The van der Waals surface area contributed by atoms with Gasteiger partial charge in [-0.25, -0.2) is 9.37 Å². The summed E-state index contributed by atoms with van der Waals surface area (Å²) in [5.74, 6) is 0.318. The molecule has 8 heteroatoms. The highest BCUT2D eigenvalue weighted by molar-refractivity contribution is 6.35. The van der Waals surface area contributed by atoms with Crippen LogP contribution < -0.4 is 4.74 Å². The Bertz CT molecular complexity index is 969. The minimum Gasteiger partial charge on any atom is -0.491 e. The number of halogens is 3. The van der Waals surface area contributed by atoms with Gasteiger partial charge in [-0.1, -0.05) is 29.3 Å². The maximum absolute atomic E-state index is 13.1. The quantitative estimate of drug-likeness (QED) is 0.406. The molecule has 0 radical (unpaired) electrons. The first-order valence-corrected chi connectivity index (χ1v) is 10.9. The summed E-state index contributed by atoms with van der Waals surface area (Å²) >= 11 is 12.5. The van der Waals surface area contributed by atoms with Gasteiger partial charge in [0, 0.05) is 28.0 Å². The normalized spacial score (nSPS) is 19.8. The molecule has 164 valence electrons. The third-order valence-electron chi connectivity index (χ3n) is 5.12. The van der Waals surface area contributed by atoms with Gasteiger partial charge >= 0.3 is 0 Å². The van der Waals surface area contributed by atoms with Crippen LogP contribution in [0.5, 0.6) is 5.75 Å². The summed E-state index contributed by atoms with van der Waals surface area (Å²) < 4.78 is 33.3. The van der Waals surface area contributed by atoms with Crippen LogP contribution in [0.1, 0.15) is 30.9 Å².